The van der Waals surface area contributed by atoms with Crippen LogP contribution in [-0.4, -0.2) is 34.5 Å². The monoisotopic (exact) mass is 376 g/mol. The maximum atomic E-state index is 12.7. The fraction of sp³-hybridized carbons (Fsp3) is 0.333. The number of benzene rings is 1. The van der Waals surface area contributed by atoms with E-state index in [4.69, 9.17) is 9.47 Å². The first kappa shape index (κ1) is 18.0. The van der Waals surface area contributed by atoms with E-state index in [0.29, 0.717) is 23.3 Å². The summed E-state index contributed by atoms with van der Waals surface area (Å²) >= 11 is 1.47. The standard InChI is InChI=1S/C18H20N2O3S2/c1-13-15(19-9-8-16(13)23-11-5-10-22-2)12-25(21)18-20-14-6-3-4-7-17(14)24-18/h3-4,6-9H,5,10-12H2,1-2H3. The van der Waals surface area contributed by atoms with Crippen LogP contribution >= 0.6 is 11.3 Å². The van der Waals surface area contributed by atoms with Gasteiger partial charge in [-0.25, -0.2) is 4.98 Å². The summed E-state index contributed by atoms with van der Waals surface area (Å²) in [5.74, 6) is 1.11. The van der Waals surface area contributed by atoms with E-state index in [1.165, 1.54) is 11.3 Å². The van der Waals surface area contributed by atoms with Gasteiger partial charge in [-0.1, -0.05) is 12.1 Å². The third-order valence-electron chi connectivity index (χ3n) is 3.75. The molecule has 0 aliphatic heterocycles. The Balaban J connectivity index is 1.72. The molecule has 7 heteroatoms. The van der Waals surface area contributed by atoms with E-state index in [-0.39, 0.29) is 0 Å². The third kappa shape index (κ3) is 4.42. The molecule has 132 valence electrons. The van der Waals surface area contributed by atoms with Crippen molar-refractivity contribution in [2.24, 2.45) is 0 Å². The topological polar surface area (TPSA) is 61.3 Å². The van der Waals surface area contributed by atoms with Gasteiger partial charge < -0.3 is 9.47 Å². The van der Waals surface area contributed by atoms with Crippen LogP contribution in [0.1, 0.15) is 17.7 Å². The summed E-state index contributed by atoms with van der Waals surface area (Å²) in [5, 5.41) is 0. The van der Waals surface area contributed by atoms with E-state index in [0.717, 1.165) is 33.6 Å². The SMILES string of the molecule is COCCCOc1ccnc(CS(=O)c2nc3ccccc3s2)c1C. The minimum atomic E-state index is -1.22. The Kier molecular flexibility index (Phi) is 6.12. The maximum absolute atomic E-state index is 12.7. The first-order valence-corrected chi connectivity index (χ1v) is 10.1. The summed E-state index contributed by atoms with van der Waals surface area (Å²) in [4.78, 5) is 8.86. The average molecular weight is 377 g/mol. The van der Waals surface area contributed by atoms with E-state index in [9.17, 15) is 4.21 Å². The molecule has 1 atom stereocenters. The molecule has 0 N–H and O–H groups in total. The highest BCUT2D eigenvalue weighted by Crippen LogP contribution is 2.27. The van der Waals surface area contributed by atoms with E-state index >= 15 is 0 Å². The van der Waals surface area contributed by atoms with Gasteiger partial charge in [0.1, 0.15) is 5.75 Å². The number of hydrogen-bond acceptors (Lipinski definition) is 6. The molecule has 3 aromatic rings. The summed E-state index contributed by atoms with van der Waals surface area (Å²) in [7, 11) is 0.449. The highest BCUT2D eigenvalue weighted by Gasteiger charge is 2.15. The van der Waals surface area contributed by atoms with Crippen LogP contribution < -0.4 is 4.74 Å². The van der Waals surface area contributed by atoms with E-state index in [2.05, 4.69) is 9.97 Å². The lowest BCUT2D eigenvalue weighted by Gasteiger charge is -2.11. The number of rotatable bonds is 8. The fourth-order valence-electron chi connectivity index (χ4n) is 2.38. The molecule has 1 aromatic carbocycles. The molecule has 2 heterocycles. The molecule has 5 nitrogen and oxygen atoms in total. The van der Waals surface area contributed by atoms with Gasteiger partial charge in [0.25, 0.3) is 0 Å². The molecule has 2 aromatic heterocycles. The highest BCUT2D eigenvalue weighted by molar-refractivity contribution is 7.86. The van der Waals surface area contributed by atoms with Gasteiger partial charge in [0.15, 0.2) is 4.34 Å². The molecule has 1 unspecified atom stereocenters. The molecule has 3 rings (SSSR count). The number of hydrogen-bond donors (Lipinski definition) is 0. The summed E-state index contributed by atoms with van der Waals surface area (Å²) in [6, 6.07) is 9.66. The average Bonchev–Trinajstić information content (AvgIpc) is 3.06. The zero-order chi connectivity index (χ0) is 17.6. The van der Waals surface area contributed by atoms with Gasteiger partial charge in [0.2, 0.25) is 0 Å². The summed E-state index contributed by atoms with van der Waals surface area (Å²) in [6.07, 6.45) is 2.52. The number of aromatic nitrogens is 2. The Hall–Kier alpha value is -1.83. The molecule has 0 aliphatic carbocycles. The predicted octanol–water partition coefficient (Wildman–Crippen LogP) is 3.72. The van der Waals surface area contributed by atoms with Gasteiger partial charge in [-0.15, -0.1) is 11.3 Å². The van der Waals surface area contributed by atoms with Gasteiger partial charge >= 0.3 is 0 Å². The molecule has 25 heavy (non-hydrogen) atoms. The normalized spacial score (nSPS) is 12.4. The summed E-state index contributed by atoms with van der Waals surface area (Å²) < 4.78 is 25.2. The summed E-state index contributed by atoms with van der Waals surface area (Å²) in [6.45, 7) is 3.20. The second-order valence-electron chi connectivity index (χ2n) is 5.51. The van der Waals surface area contributed by atoms with Crippen molar-refractivity contribution in [2.45, 2.75) is 23.4 Å². The Bertz CT molecular complexity index is 847. The van der Waals surface area contributed by atoms with E-state index < -0.39 is 10.8 Å². The minimum Gasteiger partial charge on any atom is -0.493 e. The van der Waals surface area contributed by atoms with Gasteiger partial charge in [-0.2, -0.15) is 0 Å². The van der Waals surface area contributed by atoms with Crippen molar-refractivity contribution < 1.29 is 13.7 Å². The molecule has 0 saturated carbocycles. The number of methoxy groups -OCH3 is 1. The number of para-hydroxylation sites is 1. The van der Waals surface area contributed by atoms with E-state index in [1.54, 1.807) is 13.3 Å². The molecular weight excluding hydrogens is 356 g/mol. The van der Waals surface area contributed by atoms with Gasteiger partial charge in [0.05, 0.1) is 39.1 Å². The third-order valence-corrected chi connectivity index (χ3v) is 6.40. The zero-order valence-corrected chi connectivity index (χ0v) is 15.9. The number of pyridine rings is 1. The largest absolute Gasteiger partial charge is 0.493 e. The number of ether oxygens (including phenoxy) is 2. The van der Waals surface area contributed by atoms with Crippen LogP contribution in [0.5, 0.6) is 5.75 Å². The van der Waals surface area contributed by atoms with Gasteiger partial charge in [-0.3, -0.25) is 9.19 Å². The fourth-order valence-corrected chi connectivity index (χ4v) is 4.76. The second kappa shape index (κ2) is 8.51. The van der Waals surface area contributed by atoms with Crippen LogP contribution in [0.15, 0.2) is 40.9 Å². The van der Waals surface area contributed by atoms with Gasteiger partial charge in [0, 0.05) is 31.9 Å². The smallest absolute Gasteiger partial charge is 0.182 e. The van der Waals surface area contributed by atoms with Crippen LogP contribution in [0, 0.1) is 6.92 Å². The van der Waals surface area contributed by atoms with Crippen molar-refractivity contribution >= 4 is 32.4 Å². The van der Waals surface area contributed by atoms with Crippen molar-refractivity contribution in [1.82, 2.24) is 9.97 Å². The molecule has 0 radical (unpaired) electrons. The second-order valence-corrected chi connectivity index (χ2v) is 8.17. The minimum absolute atomic E-state index is 0.334. The van der Waals surface area contributed by atoms with Crippen LogP contribution in [0.25, 0.3) is 10.2 Å². The van der Waals surface area contributed by atoms with Crippen LogP contribution in [0.3, 0.4) is 0 Å². The number of nitrogens with zero attached hydrogens (tertiary/aromatic N) is 2. The Morgan fingerprint density at radius 2 is 2.04 bits per heavy atom. The molecule has 0 bridgehead atoms. The Morgan fingerprint density at radius 1 is 1.20 bits per heavy atom. The van der Waals surface area contributed by atoms with Crippen LogP contribution in [0.4, 0.5) is 0 Å². The molecule has 0 amide bonds. The molecule has 0 spiro atoms. The molecule has 0 aliphatic rings. The lowest BCUT2D eigenvalue weighted by molar-refractivity contribution is 0.172. The lowest BCUT2D eigenvalue weighted by atomic mass is 10.2. The van der Waals surface area contributed by atoms with E-state index in [1.807, 2.05) is 37.3 Å². The molecular formula is C18H20N2O3S2. The maximum Gasteiger partial charge on any atom is 0.182 e. The summed E-state index contributed by atoms with van der Waals surface area (Å²) in [5.41, 5.74) is 2.59. The molecule has 0 saturated heterocycles. The van der Waals surface area contributed by atoms with Crippen molar-refractivity contribution in [3.63, 3.8) is 0 Å². The van der Waals surface area contributed by atoms with Crippen molar-refractivity contribution in [1.29, 1.82) is 0 Å². The van der Waals surface area contributed by atoms with Gasteiger partial charge in [-0.05, 0) is 25.1 Å². The lowest BCUT2D eigenvalue weighted by Crippen LogP contribution is -2.06. The zero-order valence-electron chi connectivity index (χ0n) is 14.2. The Morgan fingerprint density at radius 3 is 2.84 bits per heavy atom. The van der Waals surface area contributed by atoms with Crippen LogP contribution in [-0.2, 0) is 21.3 Å². The molecule has 0 fully saturated rings. The van der Waals surface area contributed by atoms with Crippen molar-refractivity contribution in [3.05, 3.63) is 47.8 Å². The Labute approximate surface area is 153 Å². The van der Waals surface area contributed by atoms with Crippen molar-refractivity contribution in [2.75, 3.05) is 20.3 Å². The predicted molar refractivity (Wildman–Crippen MR) is 101 cm³/mol. The highest BCUT2D eigenvalue weighted by atomic mass is 32.2. The van der Waals surface area contributed by atoms with Crippen LogP contribution in [0.2, 0.25) is 0 Å². The first-order valence-electron chi connectivity index (χ1n) is 7.99. The first-order chi connectivity index (χ1) is 12.2. The van der Waals surface area contributed by atoms with Crippen molar-refractivity contribution in [3.8, 4) is 5.75 Å². The number of thiazole rings is 1. The quantitative estimate of drug-likeness (QED) is 0.561. The number of fused-ring (bicyclic) bond motifs is 1.